The number of carbonyl (C=O) groups is 2. The molecule has 5 nitrogen and oxygen atoms in total. The number of hydrogen-bond donors (Lipinski definition) is 1. The van der Waals surface area contributed by atoms with Crippen molar-refractivity contribution in [1.82, 2.24) is 4.98 Å². The number of esters is 1. The SMILES string of the molecule is Cc1cc(C)c(NC(=O)COC(=O)CCCc2nc3ccccc3s2)c(Cl)c1. The van der Waals surface area contributed by atoms with Gasteiger partial charge in [0.15, 0.2) is 6.61 Å². The lowest BCUT2D eigenvalue weighted by Gasteiger charge is -2.11. The Hall–Kier alpha value is -2.44. The van der Waals surface area contributed by atoms with E-state index in [-0.39, 0.29) is 13.0 Å². The van der Waals surface area contributed by atoms with Crippen LogP contribution in [-0.4, -0.2) is 23.5 Å². The van der Waals surface area contributed by atoms with Gasteiger partial charge in [-0.25, -0.2) is 4.98 Å². The first kappa shape index (κ1) is 20.3. The highest BCUT2D eigenvalue weighted by Crippen LogP contribution is 2.27. The smallest absolute Gasteiger partial charge is 0.306 e. The summed E-state index contributed by atoms with van der Waals surface area (Å²) in [5.74, 6) is -0.809. The van der Waals surface area contributed by atoms with Crippen LogP contribution in [-0.2, 0) is 20.7 Å². The van der Waals surface area contributed by atoms with Gasteiger partial charge < -0.3 is 10.1 Å². The van der Waals surface area contributed by atoms with Crippen LogP contribution < -0.4 is 5.32 Å². The van der Waals surface area contributed by atoms with E-state index in [0.717, 1.165) is 26.4 Å². The molecule has 0 unspecified atom stereocenters. The van der Waals surface area contributed by atoms with Crippen molar-refractivity contribution >= 4 is 50.7 Å². The van der Waals surface area contributed by atoms with Crippen molar-refractivity contribution in [2.24, 2.45) is 0 Å². The topological polar surface area (TPSA) is 68.3 Å². The number of aryl methyl sites for hydroxylation is 3. The summed E-state index contributed by atoms with van der Waals surface area (Å²) in [7, 11) is 0. The molecule has 146 valence electrons. The number of hydrogen-bond acceptors (Lipinski definition) is 5. The third-order valence-corrected chi connectivity index (χ3v) is 5.56. The number of nitrogens with zero attached hydrogens (tertiary/aromatic N) is 1. The van der Waals surface area contributed by atoms with Crippen LogP contribution in [0.1, 0.15) is 29.0 Å². The van der Waals surface area contributed by atoms with Crippen molar-refractivity contribution in [2.75, 3.05) is 11.9 Å². The molecule has 3 aromatic rings. The van der Waals surface area contributed by atoms with Crippen LogP contribution in [0.4, 0.5) is 5.69 Å². The number of rotatable bonds is 7. The number of benzene rings is 2. The molecule has 1 N–H and O–H groups in total. The summed E-state index contributed by atoms with van der Waals surface area (Å²) in [4.78, 5) is 28.5. The highest BCUT2D eigenvalue weighted by atomic mass is 35.5. The molecule has 1 heterocycles. The van der Waals surface area contributed by atoms with Crippen molar-refractivity contribution < 1.29 is 14.3 Å². The Balaban J connectivity index is 1.42. The van der Waals surface area contributed by atoms with Crippen LogP contribution in [0, 0.1) is 13.8 Å². The molecule has 3 rings (SSSR count). The van der Waals surface area contributed by atoms with Crippen LogP contribution >= 0.6 is 22.9 Å². The lowest BCUT2D eigenvalue weighted by Crippen LogP contribution is -2.21. The number of thiazole rings is 1. The average molecular weight is 417 g/mol. The minimum Gasteiger partial charge on any atom is -0.456 e. The lowest BCUT2D eigenvalue weighted by atomic mass is 10.1. The summed E-state index contributed by atoms with van der Waals surface area (Å²) in [6.45, 7) is 3.47. The van der Waals surface area contributed by atoms with E-state index in [0.29, 0.717) is 23.6 Å². The Morgan fingerprint density at radius 1 is 1.21 bits per heavy atom. The molecule has 0 radical (unpaired) electrons. The molecular weight excluding hydrogens is 396 g/mol. The fraction of sp³-hybridized carbons (Fsp3) is 0.286. The predicted molar refractivity (Wildman–Crippen MR) is 113 cm³/mol. The van der Waals surface area contributed by atoms with Crippen LogP contribution in [0.25, 0.3) is 10.2 Å². The average Bonchev–Trinajstić information content (AvgIpc) is 3.05. The standard InChI is InChI=1S/C21H21ClN2O3S/c1-13-10-14(2)21(15(22)11-13)24-18(25)12-27-20(26)9-5-8-19-23-16-6-3-4-7-17(16)28-19/h3-4,6-7,10-11H,5,8-9,12H2,1-2H3,(H,24,25). The number of para-hydroxylation sites is 1. The molecule has 0 atom stereocenters. The van der Waals surface area contributed by atoms with Crippen molar-refractivity contribution in [1.29, 1.82) is 0 Å². The highest BCUT2D eigenvalue weighted by molar-refractivity contribution is 7.18. The maximum absolute atomic E-state index is 12.0. The molecule has 0 saturated heterocycles. The van der Waals surface area contributed by atoms with Crippen molar-refractivity contribution in [3.05, 3.63) is 57.6 Å². The predicted octanol–water partition coefficient (Wildman–Crippen LogP) is 5.07. The molecule has 7 heteroatoms. The third-order valence-electron chi connectivity index (χ3n) is 4.17. The second-order valence-electron chi connectivity index (χ2n) is 6.58. The zero-order valence-electron chi connectivity index (χ0n) is 15.8. The molecular formula is C21H21ClN2O3S. The van der Waals surface area contributed by atoms with E-state index in [9.17, 15) is 9.59 Å². The van der Waals surface area contributed by atoms with Gasteiger partial charge in [0, 0.05) is 6.42 Å². The van der Waals surface area contributed by atoms with Gasteiger partial charge in [0.25, 0.3) is 5.91 Å². The molecule has 28 heavy (non-hydrogen) atoms. The van der Waals surface area contributed by atoms with E-state index in [2.05, 4.69) is 10.3 Å². The zero-order chi connectivity index (χ0) is 20.1. The maximum atomic E-state index is 12.0. The highest BCUT2D eigenvalue weighted by Gasteiger charge is 2.12. The van der Waals surface area contributed by atoms with Gasteiger partial charge in [0.2, 0.25) is 0 Å². The molecule has 1 amide bonds. The molecule has 0 saturated carbocycles. The van der Waals surface area contributed by atoms with Crippen LogP contribution in [0.5, 0.6) is 0 Å². The first-order valence-electron chi connectivity index (χ1n) is 8.99. The molecule has 0 spiro atoms. The zero-order valence-corrected chi connectivity index (χ0v) is 17.3. The Morgan fingerprint density at radius 2 is 2.00 bits per heavy atom. The van der Waals surface area contributed by atoms with Gasteiger partial charge in [0.1, 0.15) is 0 Å². The molecule has 0 aliphatic carbocycles. The van der Waals surface area contributed by atoms with Gasteiger partial charge in [-0.1, -0.05) is 29.8 Å². The monoisotopic (exact) mass is 416 g/mol. The molecule has 2 aromatic carbocycles. The van der Waals surface area contributed by atoms with Crippen molar-refractivity contribution in [3.8, 4) is 0 Å². The molecule has 0 aliphatic heterocycles. The number of nitrogens with one attached hydrogen (secondary N) is 1. The summed E-state index contributed by atoms with van der Waals surface area (Å²) in [5, 5.41) is 4.16. The second-order valence-corrected chi connectivity index (χ2v) is 8.10. The van der Waals surface area contributed by atoms with Crippen LogP contribution in [0.2, 0.25) is 5.02 Å². The number of fused-ring (bicyclic) bond motifs is 1. The van der Waals surface area contributed by atoms with Crippen molar-refractivity contribution in [3.63, 3.8) is 0 Å². The fourth-order valence-electron chi connectivity index (χ4n) is 2.88. The van der Waals surface area contributed by atoms with Crippen molar-refractivity contribution in [2.45, 2.75) is 33.1 Å². The van der Waals surface area contributed by atoms with E-state index in [4.69, 9.17) is 16.3 Å². The minimum absolute atomic E-state index is 0.244. The number of anilines is 1. The van der Waals surface area contributed by atoms with Gasteiger partial charge in [-0.3, -0.25) is 9.59 Å². The van der Waals surface area contributed by atoms with E-state index in [1.54, 1.807) is 17.4 Å². The minimum atomic E-state index is -0.409. The molecule has 0 bridgehead atoms. The van der Waals surface area contributed by atoms with E-state index in [1.165, 1.54) is 0 Å². The Bertz CT molecular complexity index is 960. The molecule has 1 aromatic heterocycles. The number of aromatic nitrogens is 1. The summed E-state index contributed by atoms with van der Waals surface area (Å²) < 4.78 is 6.21. The number of ether oxygens (including phenoxy) is 1. The Morgan fingerprint density at radius 3 is 2.75 bits per heavy atom. The summed E-state index contributed by atoms with van der Waals surface area (Å²) in [5.41, 5.74) is 3.40. The Labute approximate surface area is 172 Å². The lowest BCUT2D eigenvalue weighted by molar-refractivity contribution is -0.147. The quantitative estimate of drug-likeness (QED) is 0.546. The normalized spacial score (nSPS) is 10.8. The molecule has 0 aliphatic rings. The van der Waals surface area contributed by atoms with Gasteiger partial charge in [0.05, 0.1) is 25.9 Å². The van der Waals surface area contributed by atoms with Gasteiger partial charge in [-0.05, 0) is 56.0 Å². The second kappa shape index (κ2) is 9.17. The van der Waals surface area contributed by atoms with Crippen LogP contribution in [0.15, 0.2) is 36.4 Å². The summed E-state index contributed by atoms with van der Waals surface area (Å²) >= 11 is 7.80. The van der Waals surface area contributed by atoms with E-state index >= 15 is 0 Å². The van der Waals surface area contributed by atoms with E-state index in [1.807, 2.05) is 44.2 Å². The molecule has 0 fully saturated rings. The van der Waals surface area contributed by atoms with Gasteiger partial charge >= 0.3 is 5.97 Å². The number of amides is 1. The van der Waals surface area contributed by atoms with Gasteiger partial charge in [-0.15, -0.1) is 11.3 Å². The summed E-state index contributed by atoms with van der Waals surface area (Å²) in [6.07, 6.45) is 1.58. The van der Waals surface area contributed by atoms with Gasteiger partial charge in [-0.2, -0.15) is 0 Å². The fourth-order valence-corrected chi connectivity index (χ4v) is 4.26. The largest absolute Gasteiger partial charge is 0.456 e. The number of halogens is 1. The third kappa shape index (κ3) is 5.30. The Kier molecular flexibility index (Phi) is 6.65. The maximum Gasteiger partial charge on any atom is 0.306 e. The number of carbonyl (C=O) groups excluding carboxylic acids is 2. The summed E-state index contributed by atoms with van der Waals surface area (Å²) in [6, 6.07) is 11.7. The first-order chi connectivity index (χ1) is 13.4. The first-order valence-corrected chi connectivity index (χ1v) is 10.2. The van der Waals surface area contributed by atoms with Crippen LogP contribution in [0.3, 0.4) is 0 Å². The van der Waals surface area contributed by atoms with E-state index < -0.39 is 11.9 Å².